The predicted octanol–water partition coefficient (Wildman–Crippen LogP) is 1.36. The highest BCUT2D eigenvalue weighted by Crippen LogP contribution is 2.26. The molecule has 1 heterocycles. The molecule has 4 nitrogen and oxygen atoms in total. The van der Waals surface area contributed by atoms with E-state index in [2.05, 4.69) is 0 Å². The first-order valence-electron chi connectivity index (χ1n) is 5.80. The van der Waals surface area contributed by atoms with Crippen LogP contribution in [0.3, 0.4) is 0 Å². The number of halogens is 1. The second kappa shape index (κ2) is 4.60. The van der Waals surface area contributed by atoms with Gasteiger partial charge in [0, 0.05) is 13.1 Å². The number of β-amino-alcohol motifs (C(OH)–C–C–N with tert-alkyl or cyclic N) is 1. The minimum absolute atomic E-state index is 0.00364. The second-order valence-corrected chi connectivity index (χ2v) is 6.78. The minimum atomic E-state index is -3.87. The monoisotopic (exact) mass is 273 g/mol. The molecule has 1 aliphatic rings. The first-order chi connectivity index (χ1) is 8.33. The van der Waals surface area contributed by atoms with Gasteiger partial charge in [0.05, 0.1) is 5.60 Å². The topological polar surface area (TPSA) is 57.6 Å². The van der Waals surface area contributed by atoms with Gasteiger partial charge in [0.15, 0.2) is 0 Å². The third-order valence-electron chi connectivity index (χ3n) is 3.09. The number of sulfonamides is 1. The molecule has 0 bridgehead atoms. The molecule has 1 fully saturated rings. The second-order valence-electron chi connectivity index (χ2n) is 4.87. The number of hydrogen-bond acceptors (Lipinski definition) is 3. The van der Waals surface area contributed by atoms with Crippen LogP contribution >= 0.6 is 0 Å². The molecular weight excluding hydrogens is 257 g/mol. The van der Waals surface area contributed by atoms with Gasteiger partial charge < -0.3 is 5.11 Å². The van der Waals surface area contributed by atoms with Crippen molar-refractivity contribution in [1.82, 2.24) is 4.31 Å². The van der Waals surface area contributed by atoms with E-state index in [-0.39, 0.29) is 11.4 Å². The number of aliphatic hydroxyl groups is 1. The summed E-state index contributed by atoms with van der Waals surface area (Å²) < 4.78 is 39.3. The summed E-state index contributed by atoms with van der Waals surface area (Å²) in [6, 6.07) is 5.29. The first kappa shape index (κ1) is 13.5. The molecule has 2 rings (SSSR count). The van der Waals surface area contributed by atoms with E-state index in [9.17, 15) is 17.9 Å². The molecule has 6 heteroatoms. The standard InChI is InChI=1S/C12H16FNO3S/c1-12(15)7-4-8-14(9-12)18(16,17)11-6-3-2-5-10(11)13/h2-3,5-6,15H,4,7-9H2,1H3. The van der Waals surface area contributed by atoms with Crippen LogP contribution in [0.15, 0.2) is 29.2 Å². The van der Waals surface area contributed by atoms with Crippen molar-refractivity contribution in [2.24, 2.45) is 0 Å². The molecule has 1 aromatic rings. The first-order valence-corrected chi connectivity index (χ1v) is 7.24. The molecule has 0 spiro atoms. The van der Waals surface area contributed by atoms with E-state index >= 15 is 0 Å². The molecule has 0 radical (unpaired) electrons. The van der Waals surface area contributed by atoms with Crippen LogP contribution in [0.5, 0.6) is 0 Å². The van der Waals surface area contributed by atoms with E-state index in [0.29, 0.717) is 19.4 Å². The molecule has 100 valence electrons. The maximum atomic E-state index is 13.6. The van der Waals surface area contributed by atoms with Gasteiger partial charge in [-0.05, 0) is 31.9 Å². The summed E-state index contributed by atoms with van der Waals surface area (Å²) in [5.74, 6) is -0.761. The van der Waals surface area contributed by atoms with Gasteiger partial charge in [-0.2, -0.15) is 4.31 Å². The molecule has 0 aromatic heterocycles. The maximum Gasteiger partial charge on any atom is 0.246 e. The van der Waals surface area contributed by atoms with E-state index < -0.39 is 21.4 Å². The molecule has 1 atom stereocenters. The van der Waals surface area contributed by atoms with Crippen molar-refractivity contribution in [2.75, 3.05) is 13.1 Å². The zero-order chi connectivity index (χ0) is 13.4. The van der Waals surface area contributed by atoms with E-state index in [1.165, 1.54) is 18.2 Å². The zero-order valence-corrected chi connectivity index (χ0v) is 11.0. The average Bonchev–Trinajstić information content (AvgIpc) is 2.28. The van der Waals surface area contributed by atoms with Crippen LogP contribution < -0.4 is 0 Å². The van der Waals surface area contributed by atoms with Crippen molar-refractivity contribution in [3.05, 3.63) is 30.1 Å². The van der Waals surface area contributed by atoms with Gasteiger partial charge in [-0.1, -0.05) is 12.1 Å². The molecule has 1 saturated heterocycles. The minimum Gasteiger partial charge on any atom is -0.389 e. The Morgan fingerprint density at radius 2 is 2.06 bits per heavy atom. The Bertz CT molecular complexity index is 542. The van der Waals surface area contributed by atoms with Crippen LogP contribution in [0.1, 0.15) is 19.8 Å². The van der Waals surface area contributed by atoms with Crippen LogP contribution in [0.2, 0.25) is 0 Å². The molecule has 1 unspecified atom stereocenters. The number of nitrogens with zero attached hydrogens (tertiary/aromatic N) is 1. The predicted molar refractivity (Wildman–Crippen MR) is 65.0 cm³/mol. The van der Waals surface area contributed by atoms with Crippen molar-refractivity contribution in [2.45, 2.75) is 30.3 Å². The Morgan fingerprint density at radius 3 is 2.67 bits per heavy atom. The van der Waals surface area contributed by atoms with Crippen LogP contribution in [-0.2, 0) is 10.0 Å². The summed E-state index contributed by atoms with van der Waals surface area (Å²) >= 11 is 0. The lowest BCUT2D eigenvalue weighted by Gasteiger charge is -2.35. The third kappa shape index (κ3) is 2.55. The van der Waals surface area contributed by atoms with Crippen molar-refractivity contribution in [1.29, 1.82) is 0 Å². The summed E-state index contributed by atoms with van der Waals surface area (Å²) in [7, 11) is -3.87. The largest absolute Gasteiger partial charge is 0.389 e. The SMILES string of the molecule is CC1(O)CCCN(S(=O)(=O)c2ccccc2F)C1. The lowest BCUT2D eigenvalue weighted by atomic mass is 9.97. The number of piperidine rings is 1. The van der Waals surface area contributed by atoms with Crippen LogP contribution in [-0.4, -0.2) is 36.5 Å². The summed E-state index contributed by atoms with van der Waals surface area (Å²) in [6.45, 7) is 1.91. The molecule has 0 saturated carbocycles. The molecular formula is C12H16FNO3S. The molecule has 1 aliphatic heterocycles. The van der Waals surface area contributed by atoms with Crippen molar-refractivity contribution < 1.29 is 17.9 Å². The highest BCUT2D eigenvalue weighted by atomic mass is 32.2. The summed E-state index contributed by atoms with van der Waals surface area (Å²) in [4.78, 5) is -0.331. The average molecular weight is 273 g/mol. The fourth-order valence-electron chi connectivity index (χ4n) is 2.17. The molecule has 1 aromatic carbocycles. The molecule has 18 heavy (non-hydrogen) atoms. The quantitative estimate of drug-likeness (QED) is 0.885. The molecule has 1 N–H and O–H groups in total. The van der Waals surface area contributed by atoms with E-state index in [4.69, 9.17) is 0 Å². The van der Waals surface area contributed by atoms with Gasteiger partial charge in [0.2, 0.25) is 10.0 Å². The lowest BCUT2D eigenvalue weighted by molar-refractivity contribution is 0.00934. The Balaban J connectivity index is 2.35. The van der Waals surface area contributed by atoms with Gasteiger partial charge in [-0.15, -0.1) is 0 Å². The number of rotatable bonds is 2. The smallest absolute Gasteiger partial charge is 0.246 e. The van der Waals surface area contributed by atoms with E-state index in [1.807, 2.05) is 0 Å². The van der Waals surface area contributed by atoms with Crippen LogP contribution in [0.25, 0.3) is 0 Å². The Morgan fingerprint density at radius 1 is 1.39 bits per heavy atom. The molecule has 0 aliphatic carbocycles. The van der Waals surface area contributed by atoms with Gasteiger partial charge in [-0.25, -0.2) is 12.8 Å². The normalized spacial score (nSPS) is 26.2. The Hall–Kier alpha value is -0.980. The summed E-state index contributed by atoms with van der Waals surface area (Å²) in [5, 5.41) is 9.92. The fourth-order valence-corrected chi connectivity index (χ4v) is 3.83. The van der Waals surface area contributed by atoms with Gasteiger partial charge in [0.1, 0.15) is 10.7 Å². The summed E-state index contributed by atoms with van der Waals surface area (Å²) in [6.07, 6.45) is 1.12. The van der Waals surface area contributed by atoms with Gasteiger partial charge in [-0.3, -0.25) is 0 Å². The van der Waals surface area contributed by atoms with E-state index in [0.717, 1.165) is 10.4 Å². The Kier molecular flexibility index (Phi) is 3.44. The highest BCUT2D eigenvalue weighted by Gasteiger charge is 2.36. The van der Waals surface area contributed by atoms with E-state index in [1.54, 1.807) is 6.92 Å². The zero-order valence-electron chi connectivity index (χ0n) is 10.1. The maximum absolute atomic E-state index is 13.6. The van der Waals surface area contributed by atoms with Gasteiger partial charge >= 0.3 is 0 Å². The van der Waals surface area contributed by atoms with Crippen LogP contribution in [0.4, 0.5) is 4.39 Å². The molecule has 0 amide bonds. The van der Waals surface area contributed by atoms with Crippen molar-refractivity contribution in [3.8, 4) is 0 Å². The fraction of sp³-hybridized carbons (Fsp3) is 0.500. The van der Waals surface area contributed by atoms with Crippen molar-refractivity contribution >= 4 is 10.0 Å². The number of hydrogen-bond donors (Lipinski definition) is 1. The Labute approximate surface area is 106 Å². The number of benzene rings is 1. The highest BCUT2D eigenvalue weighted by molar-refractivity contribution is 7.89. The van der Waals surface area contributed by atoms with Crippen LogP contribution in [0, 0.1) is 5.82 Å². The van der Waals surface area contributed by atoms with Gasteiger partial charge in [0.25, 0.3) is 0 Å². The van der Waals surface area contributed by atoms with Crippen molar-refractivity contribution in [3.63, 3.8) is 0 Å². The third-order valence-corrected chi connectivity index (χ3v) is 4.97. The summed E-state index contributed by atoms with van der Waals surface area (Å²) in [5.41, 5.74) is -1.05. The lowest BCUT2D eigenvalue weighted by Crippen LogP contribution is -2.48.